The van der Waals surface area contributed by atoms with Crippen molar-refractivity contribution in [3.05, 3.63) is 96.6 Å². The van der Waals surface area contributed by atoms with Crippen molar-refractivity contribution in [1.29, 1.82) is 0 Å². The molecule has 5 atom stereocenters. The normalized spacial score (nSPS) is 22.7. The van der Waals surface area contributed by atoms with Gasteiger partial charge in [0.15, 0.2) is 5.78 Å². The smallest absolute Gasteiger partial charge is 0.262 e. The van der Waals surface area contributed by atoms with E-state index >= 15 is 0 Å². The summed E-state index contributed by atoms with van der Waals surface area (Å²) in [5.41, 5.74) is -0.435. The fourth-order valence-corrected chi connectivity index (χ4v) is 13.1. The number of ketones is 1. The van der Waals surface area contributed by atoms with E-state index in [0.29, 0.717) is 57.9 Å². The summed E-state index contributed by atoms with van der Waals surface area (Å²) in [4.78, 5) is 71.1. The molecule has 0 bridgehead atoms. The number of unbranched alkanes of at least 4 members (excludes halogenated alkanes) is 2. The lowest BCUT2D eigenvalue weighted by Crippen LogP contribution is -2.68. The number of hydrogen-bond acceptors (Lipinski definition) is 6. The molecule has 3 aromatic carbocycles. The Kier molecular flexibility index (Phi) is 14.7. The van der Waals surface area contributed by atoms with Crippen LogP contribution in [-0.2, 0) is 34.8 Å². The zero-order valence-corrected chi connectivity index (χ0v) is 35.6. The van der Waals surface area contributed by atoms with Crippen molar-refractivity contribution in [2.75, 3.05) is 6.54 Å². The van der Waals surface area contributed by atoms with Gasteiger partial charge in [0.2, 0.25) is 23.6 Å². The molecule has 0 aromatic heterocycles. The molecule has 3 aromatic rings. The monoisotopic (exact) mass is 794 g/mol. The number of nitrogens with one attached hydrogen (secondary N) is 3. The van der Waals surface area contributed by atoms with Crippen LogP contribution in [0.3, 0.4) is 0 Å². The van der Waals surface area contributed by atoms with Crippen LogP contribution in [0.5, 0.6) is 0 Å². The fourth-order valence-electron chi connectivity index (χ4n) is 8.34. The number of rotatable bonds is 15. The molecule has 0 spiro atoms. The number of hydrogen-bond donors (Lipinski definition) is 3. The summed E-state index contributed by atoms with van der Waals surface area (Å²) in [5.74, 6) is -1.51. The van der Waals surface area contributed by atoms with Crippen molar-refractivity contribution < 1.29 is 28.4 Å². The van der Waals surface area contributed by atoms with Gasteiger partial charge in [0.25, 0.3) is 8.32 Å². The Labute approximate surface area is 340 Å². The number of nitrogens with zero attached hydrogens (tertiary/aromatic N) is 1. The number of carbonyl (C=O) groups excluding carboxylic acids is 5. The van der Waals surface area contributed by atoms with Crippen LogP contribution in [0.15, 0.2) is 91.0 Å². The van der Waals surface area contributed by atoms with Crippen molar-refractivity contribution in [2.24, 2.45) is 0 Å². The molecule has 5 rings (SSSR count). The van der Waals surface area contributed by atoms with Crippen molar-refractivity contribution in [2.45, 2.75) is 141 Å². The number of benzene rings is 3. The average Bonchev–Trinajstić information content (AvgIpc) is 3.71. The molecule has 57 heavy (non-hydrogen) atoms. The number of fused-ring (bicyclic) bond motifs is 1. The maximum absolute atomic E-state index is 14.0. The lowest BCUT2D eigenvalue weighted by molar-refractivity contribution is -0.144. The predicted octanol–water partition coefficient (Wildman–Crippen LogP) is 5.36. The van der Waals surface area contributed by atoms with E-state index in [1.54, 1.807) is 11.8 Å². The van der Waals surface area contributed by atoms with E-state index in [4.69, 9.17) is 4.43 Å². The molecule has 2 fully saturated rings. The third-order valence-electron chi connectivity index (χ3n) is 11.8. The third-order valence-corrected chi connectivity index (χ3v) is 16.9. The predicted molar refractivity (Wildman–Crippen MR) is 226 cm³/mol. The van der Waals surface area contributed by atoms with Crippen LogP contribution in [0.1, 0.15) is 105 Å². The second-order valence-corrected chi connectivity index (χ2v) is 21.1. The molecule has 2 aliphatic rings. The Morgan fingerprint density at radius 3 is 1.98 bits per heavy atom. The van der Waals surface area contributed by atoms with Crippen LogP contribution in [0.2, 0.25) is 5.04 Å². The van der Waals surface area contributed by atoms with Crippen molar-refractivity contribution in [3.8, 4) is 0 Å². The van der Waals surface area contributed by atoms with E-state index < -0.39 is 49.9 Å². The standard InChI is InChI=1S/C46H62N4O6Si/c1-7-40(56-57(45(3,4)5,34-24-15-10-16-25-34)35-26-17-11-18-27-35)39(51)30-20-12-19-28-36-41(52)49-46(6,8-2)44(55)48-37(32-33-22-13-9-14-23-33)43(54)50-31-21-29-38(50)42(53)47-36/h9-11,13-18,22-27,36-38,40H,7-8,12,19-21,28-32H2,1-6H3,(H,47,53)(H,48,55)(H,49,52)/t36-,37-,38+,40-,46-/m0/s1. The van der Waals surface area contributed by atoms with Gasteiger partial charge in [-0.15, -0.1) is 0 Å². The molecule has 4 amide bonds. The van der Waals surface area contributed by atoms with Crippen LogP contribution in [0.25, 0.3) is 0 Å². The van der Waals surface area contributed by atoms with Gasteiger partial charge in [-0.2, -0.15) is 0 Å². The van der Waals surface area contributed by atoms with E-state index in [1.165, 1.54) is 0 Å². The summed E-state index contributed by atoms with van der Waals surface area (Å²) in [6.07, 6.45) is 4.11. The van der Waals surface area contributed by atoms with Gasteiger partial charge in [-0.05, 0) is 66.4 Å². The van der Waals surface area contributed by atoms with Gasteiger partial charge in [-0.25, -0.2) is 0 Å². The second kappa shape index (κ2) is 19.2. The number of Topliss-reactive ketones (excluding diaryl/α,β-unsaturated/α-hetero) is 1. The molecular formula is C46H62N4O6Si. The first kappa shape index (κ1) is 43.5. The maximum Gasteiger partial charge on any atom is 0.262 e. The van der Waals surface area contributed by atoms with Gasteiger partial charge in [0, 0.05) is 19.4 Å². The molecule has 3 N–H and O–H groups in total. The van der Waals surface area contributed by atoms with Crippen molar-refractivity contribution in [3.63, 3.8) is 0 Å². The highest BCUT2D eigenvalue weighted by Crippen LogP contribution is 2.38. The van der Waals surface area contributed by atoms with Gasteiger partial charge >= 0.3 is 0 Å². The minimum absolute atomic E-state index is 0.0591. The van der Waals surface area contributed by atoms with E-state index in [2.05, 4.69) is 61.0 Å². The zero-order chi connectivity index (χ0) is 41.2. The Morgan fingerprint density at radius 2 is 1.42 bits per heavy atom. The quantitative estimate of drug-likeness (QED) is 0.140. The van der Waals surface area contributed by atoms with E-state index in [9.17, 15) is 24.0 Å². The highest BCUT2D eigenvalue weighted by molar-refractivity contribution is 6.99. The summed E-state index contributed by atoms with van der Waals surface area (Å²) in [7, 11) is -2.92. The first-order valence-electron chi connectivity index (χ1n) is 20.8. The maximum atomic E-state index is 14.0. The molecule has 2 heterocycles. The molecule has 0 aliphatic carbocycles. The first-order valence-corrected chi connectivity index (χ1v) is 22.7. The number of carbonyl (C=O) groups is 5. The highest BCUT2D eigenvalue weighted by atomic mass is 28.4. The first-order chi connectivity index (χ1) is 27.2. The Morgan fingerprint density at radius 1 is 0.825 bits per heavy atom. The Hall–Kier alpha value is -4.61. The molecule has 2 aliphatic heterocycles. The average molecular weight is 795 g/mol. The minimum Gasteiger partial charge on any atom is -0.397 e. The van der Waals surface area contributed by atoms with Gasteiger partial charge in [0.1, 0.15) is 29.8 Å². The van der Waals surface area contributed by atoms with Gasteiger partial charge < -0.3 is 25.3 Å². The largest absolute Gasteiger partial charge is 0.397 e. The van der Waals surface area contributed by atoms with Gasteiger partial charge in [-0.1, -0.05) is 138 Å². The Balaban J connectivity index is 1.26. The van der Waals surface area contributed by atoms with Gasteiger partial charge in [0.05, 0.1) is 0 Å². The topological polar surface area (TPSA) is 134 Å². The SMILES string of the molecule is CC[C@H](O[Si](c1ccccc1)(c1ccccc1)C(C)(C)C)C(=O)CCCCC[C@@H]1NC(=O)[C@H]2CCCN2C(=O)[C@H](Cc2ccccc2)NC(=O)[C@](C)(CC)NC1=O. The van der Waals surface area contributed by atoms with E-state index in [-0.39, 0.29) is 35.5 Å². The van der Waals surface area contributed by atoms with Crippen LogP contribution < -0.4 is 26.3 Å². The fraction of sp³-hybridized carbons (Fsp3) is 0.500. The third kappa shape index (κ3) is 10.1. The van der Waals surface area contributed by atoms with Crippen LogP contribution in [0, 0.1) is 0 Å². The van der Waals surface area contributed by atoms with Crippen molar-refractivity contribution >= 4 is 48.1 Å². The zero-order valence-electron chi connectivity index (χ0n) is 34.6. The van der Waals surface area contributed by atoms with Crippen LogP contribution in [0.4, 0.5) is 0 Å². The summed E-state index contributed by atoms with van der Waals surface area (Å²) in [6, 6.07) is 27.5. The minimum atomic E-state index is -2.92. The van der Waals surface area contributed by atoms with Crippen molar-refractivity contribution in [1.82, 2.24) is 20.9 Å². The number of amides is 4. The molecule has 2 saturated heterocycles. The highest BCUT2D eigenvalue weighted by Gasteiger charge is 2.52. The summed E-state index contributed by atoms with van der Waals surface area (Å²) < 4.78 is 7.18. The molecule has 0 unspecified atom stereocenters. The Bertz CT molecular complexity index is 1800. The summed E-state index contributed by atoms with van der Waals surface area (Å²) >= 11 is 0. The summed E-state index contributed by atoms with van der Waals surface area (Å²) in [5, 5.41) is 10.8. The lowest BCUT2D eigenvalue weighted by Gasteiger charge is -2.44. The molecule has 0 saturated carbocycles. The van der Waals surface area contributed by atoms with E-state index in [0.717, 1.165) is 15.9 Å². The molecular weight excluding hydrogens is 733 g/mol. The second-order valence-electron chi connectivity index (χ2n) is 16.9. The molecule has 306 valence electrons. The molecule has 10 nitrogen and oxygen atoms in total. The molecule has 11 heteroatoms. The molecule has 0 radical (unpaired) electrons. The van der Waals surface area contributed by atoms with Crippen LogP contribution in [-0.4, -0.2) is 78.9 Å². The lowest BCUT2D eigenvalue weighted by atomic mass is 9.94. The van der Waals surface area contributed by atoms with Gasteiger partial charge in [-0.3, -0.25) is 24.0 Å². The van der Waals surface area contributed by atoms with Crippen LogP contribution >= 0.6 is 0 Å². The van der Waals surface area contributed by atoms with E-state index in [1.807, 2.05) is 80.6 Å². The summed E-state index contributed by atoms with van der Waals surface area (Å²) in [6.45, 7) is 12.5.